The fraction of sp³-hybridized carbons (Fsp3) is 0.333. The second-order valence-electron chi connectivity index (χ2n) is 10.6. The smallest absolute Gasteiger partial charge is 0.251 e. The lowest BCUT2D eigenvalue weighted by Gasteiger charge is -2.37. The first-order valence-electron chi connectivity index (χ1n) is 13.7. The van der Waals surface area contributed by atoms with Gasteiger partial charge in [-0.3, -0.25) is 24.2 Å². The fourth-order valence-electron chi connectivity index (χ4n) is 5.50. The van der Waals surface area contributed by atoms with Gasteiger partial charge in [0.25, 0.3) is 5.91 Å². The lowest BCUT2D eigenvalue weighted by molar-refractivity contribution is -0.128. The number of halogens is 5. The third-order valence-electron chi connectivity index (χ3n) is 7.60. The maximum Gasteiger partial charge on any atom is 0.251 e. The molecule has 0 bridgehead atoms. The summed E-state index contributed by atoms with van der Waals surface area (Å²) in [6.07, 6.45) is 0.0754. The SMILES string of the molecule is N#Cc1ccnc(N2C(=O)CCC2C(=O)N(c2cc(F)cc(F)c2)C(C(=O)NC2CCC(F)(F)CC2)c2ccccc2Cl)n1. The number of nitriles is 1. The first kappa shape index (κ1) is 30.9. The van der Waals surface area contributed by atoms with Gasteiger partial charge in [0.15, 0.2) is 0 Å². The number of benzene rings is 2. The van der Waals surface area contributed by atoms with Crippen LogP contribution < -0.4 is 15.1 Å². The molecular formula is C30H25ClF4N6O3. The summed E-state index contributed by atoms with van der Waals surface area (Å²) >= 11 is 6.50. The molecule has 44 heavy (non-hydrogen) atoms. The molecule has 2 fully saturated rings. The summed E-state index contributed by atoms with van der Waals surface area (Å²) < 4.78 is 56.9. The van der Waals surface area contributed by atoms with Crippen molar-refractivity contribution in [1.29, 1.82) is 5.26 Å². The number of rotatable bonds is 7. The number of carbonyl (C=O) groups excluding carboxylic acids is 3. The van der Waals surface area contributed by atoms with E-state index >= 15 is 0 Å². The van der Waals surface area contributed by atoms with Gasteiger partial charge in [0, 0.05) is 48.2 Å². The number of nitrogens with zero attached hydrogens (tertiary/aromatic N) is 5. The Labute approximate surface area is 254 Å². The van der Waals surface area contributed by atoms with E-state index in [0.29, 0.717) is 6.07 Å². The van der Waals surface area contributed by atoms with Crippen molar-refractivity contribution in [2.24, 2.45) is 0 Å². The molecule has 2 aliphatic rings. The number of anilines is 2. The van der Waals surface area contributed by atoms with Gasteiger partial charge in [-0.2, -0.15) is 5.26 Å². The normalized spacial score (nSPS) is 18.9. The second kappa shape index (κ2) is 12.6. The quantitative estimate of drug-likeness (QED) is 0.357. The topological polar surface area (TPSA) is 119 Å². The van der Waals surface area contributed by atoms with Gasteiger partial charge >= 0.3 is 0 Å². The zero-order chi connectivity index (χ0) is 31.6. The molecule has 0 radical (unpaired) electrons. The summed E-state index contributed by atoms with van der Waals surface area (Å²) in [4.78, 5) is 51.5. The lowest BCUT2D eigenvalue weighted by atomic mass is 9.91. The number of alkyl halides is 2. The molecule has 2 unspecified atom stereocenters. The molecule has 1 aliphatic heterocycles. The fourth-order valence-corrected chi connectivity index (χ4v) is 5.74. The van der Waals surface area contributed by atoms with Gasteiger partial charge < -0.3 is 5.32 Å². The Morgan fingerprint density at radius 2 is 1.77 bits per heavy atom. The molecule has 1 aromatic heterocycles. The van der Waals surface area contributed by atoms with Crippen LogP contribution in [-0.2, 0) is 14.4 Å². The predicted molar refractivity (Wildman–Crippen MR) is 151 cm³/mol. The molecule has 3 amide bonds. The summed E-state index contributed by atoms with van der Waals surface area (Å²) in [7, 11) is 0. The number of hydrogen-bond acceptors (Lipinski definition) is 6. The van der Waals surface area contributed by atoms with E-state index in [0.717, 1.165) is 21.9 Å². The molecular weight excluding hydrogens is 604 g/mol. The zero-order valence-corrected chi connectivity index (χ0v) is 23.8. The van der Waals surface area contributed by atoms with Crippen molar-refractivity contribution in [1.82, 2.24) is 15.3 Å². The van der Waals surface area contributed by atoms with Gasteiger partial charge in [-0.1, -0.05) is 29.8 Å². The molecule has 9 nitrogen and oxygen atoms in total. The van der Waals surface area contributed by atoms with Crippen molar-refractivity contribution < 1.29 is 31.9 Å². The van der Waals surface area contributed by atoms with Crippen molar-refractivity contribution in [2.45, 2.75) is 62.6 Å². The largest absolute Gasteiger partial charge is 0.351 e. The number of nitrogens with one attached hydrogen (secondary N) is 1. The van der Waals surface area contributed by atoms with Crippen LogP contribution in [0.25, 0.3) is 0 Å². The molecule has 2 heterocycles. The van der Waals surface area contributed by atoms with Gasteiger partial charge in [0.05, 0.1) is 5.69 Å². The number of carbonyl (C=O) groups is 3. The maximum atomic E-state index is 14.6. The Morgan fingerprint density at radius 1 is 1.09 bits per heavy atom. The summed E-state index contributed by atoms with van der Waals surface area (Å²) in [6.45, 7) is 0. The van der Waals surface area contributed by atoms with Gasteiger partial charge in [-0.15, -0.1) is 0 Å². The number of amides is 3. The van der Waals surface area contributed by atoms with E-state index < -0.39 is 66.2 Å². The van der Waals surface area contributed by atoms with Crippen LogP contribution in [0.4, 0.5) is 29.2 Å². The van der Waals surface area contributed by atoms with Crippen molar-refractivity contribution in [2.75, 3.05) is 9.80 Å². The first-order chi connectivity index (χ1) is 21.0. The van der Waals surface area contributed by atoms with Crippen molar-refractivity contribution in [3.8, 4) is 6.07 Å². The average Bonchev–Trinajstić information content (AvgIpc) is 3.38. The van der Waals surface area contributed by atoms with Crippen LogP contribution in [0, 0.1) is 23.0 Å². The Hall–Kier alpha value is -4.57. The predicted octanol–water partition coefficient (Wildman–Crippen LogP) is 5.24. The third-order valence-corrected chi connectivity index (χ3v) is 7.95. The van der Waals surface area contributed by atoms with E-state index in [1.165, 1.54) is 24.4 Å². The van der Waals surface area contributed by atoms with Crippen LogP contribution in [0.15, 0.2) is 54.7 Å². The van der Waals surface area contributed by atoms with Crippen LogP contribution >= 0.6 is 11.6 Å². The molecule has 1 saturated carbocycles. The van der Waals surface area contributed by atoms with Crippen LogP contribution in [-0.4, -0.2) is 45.7 Å². The summed E-state index contributed by atoms with van der Waals surface area (Å²) in [5.41, 5.74) is -0.338. The van der Waals surface area contributed by atoms with Crippen LogP contribution in [0.1, 0.15) is 55.8 Å². The number of aromatic nitrogens is 2. The highest BCUT2D eigenvalue weighted by Gasteiger charge is 2.45. The minimum Gasteiger partial charge on any atom is -0.351 e. The maximum absolute atomic E-state index is 14.6. The minimum absolute atomic E-state index is 0.0337. The van der Waals surface area contributed by atoms with E-state index in [2.05, 4.69) is 15.3 Å². The Kier molecular flexibility index (Phi) is 8.82. The minimum atomic E-state index is -2.87. The first-order valence-corrected chi connectivity index (χ1v) is 14.1. The molecule has 1 saturated heterocycles. The van der Waals surface area contributed by atoms with Crippen LogP contribution in [0.2, 0.25) is 5.02 Å². The van der Waals surface area contributed by atoms with Gasteiger partial charge in [0.1, 0.15) is 35.5 Å². The Balaban J connectivity index is 1.61. The van der Waals surface area contributed by atoms with Crippen molar-refractivity contribution in [3.05, 3.63) is 82.6 Å². The van der Waals surface area contributed by atoms with E-state index in [1.54, 1.807) is 12.1 Å². The van der Waals surface area contributed by atoms with E-state index in [9.17, 15) is 37.2 Å². The van der Waals surface area contributed by atoms with Crippen LogP contribution in [0.5, 0.6) is 0 Å². The highest BCUT2D eigenvalue weighted by Crippen LogP contribution is 2.37. The van der Waals surface area contributed by atoms with Crippen molar-refractivity contribution >= 4 is 41.0 Å². The molecule has 3 aromatic rings. The molecule has 0 spiro atoms. The Bertz CT molecular complexity index is 1620. The summed E-state index contributed by atoms with van der Waals surface area (Å²) in [5.74, 6) is -7.49. The molecule has 2 aromatic carbocycles. The third kappa shape index (κ3) is 6.50. The van der Waals surface area contributed by atoms with E-state index in [-0.39, 0.29) is 53.6 Å². The monoisotopic (exact) mass is 628 g/mol. The van der Waals surface area contributed by atoms with Gasteiger partial charge in [-0.05, 0) is 43.5 Å². The molecule has 14 heteroatoms. The average molecular weight is 629 g/mol. The lowest BCUT2D eigenvalue weighted by Crippen LogP contribution is -2.53. The number of hydrogen-bond donors (Lipinski definition) is 1. The summed E-state index contributed by atoms with van der Waals surface area (Å²) in [5, 5.41) is 12.1. The van der Waals surface area contributed by atoms with Crippen LogP contribution in [0.3, 0.4) is 0 Å². The molecule has 5 rings (SSSR count). The van der Waals surface area contributed by atoms with Gasteiger partial charge in [-0.25, -0.2) is 27.5 Å². The van der Waals surface area contributed by atoms with E-state index in [4.69, 9.17) is 11.6 Å². The summed E-state index contributed by atoms with van der Waals surface area (Å²) in [6, 6.07) is 7.83. The molecule has 1 N–H and O–H groups in total. The molecule has 2 atom stereocenters. The van der Waals surface area contributed by atoms with Crippen molar-refractivity contribution in [3.63, 3.8) is 0 Å². The zero-order valence-electron chi connectivity index (χ0n) is 23.0. The highest BCUT2D eigenvalue weighted by atomic mass is 35.5. The van der Waals surface area contributed by atoms with E-state index in [1.807, 2.05) is 6.07 Å². The van der Waals surface area contributed by atoms with Gasteiger partial charge in [0.2, 0.25) is 23.7 Å². The molecule has 1 aliphatic carbocycles. The Morgan fingerprint density at radius 3 is 2.43 bits per heavy atom. The second-order valence-corrected chi connectivity index (χ2v) is 11.0. The standard InChI is InChI=1S/C30H25ClF4N6O3/c31-23-4-2-1-3-22(23)26(27(43)38-19-7-10-30(34,35)11-8-19)40(21-14-17(32)13-18(33)15-21)28(44)24-5-6-25(42)41(24)29-37-12-9-20(16-36)39-29/h1-4,9,12-15,19,24,26H,5-8,10-11H2,(H,38,43). The molecule has 228 valence electrons. The highest BCUT2D eigenvalue weighted by molar-refractivity contribution is 6.31.